The van der Waals surface area contributed by atoms with E-state index in [0.717, 1.165) is 44.7 Å². The van der Waals surface area contributed by atoms with Crippen molar-refractivity contribution >= 4 is 11.7 Å². The summed E-state index contributed by atoms with van der Waals surface area (Å²) in [5.74, 6) is 0. The summed E-state index contributed by atoms with van der Waals surface area (Å²) in [6.45, 7) is 10.0. The van der Waals surface area contributed by atoms with Gasteiger partial charge >= 0.3 is 6.03 Å². The van der Waals surface area contributed by atoms with Crippen molar-refractivity contribution in [3.05, 3.63) is 65.7 Å². The summed E-state index contributed by atoms with van der Waals surface area (Å²) in [5.41, 5.74) is 3.74. The van der Waals surface area contributed by atoms with Crippen LogP contribution in [0.5, 0.6) is 0 Å². The first-order valence-electron chi connectivity index (χ1n) is 10.2. The molecular weight excluding hydrogens is 348 g/mol. The van der Waals surface area contributed by atoms with Crippen LogP contribution in [0.25, 0.3) is 0 Å². The maximum Gasteiger partial charge on any atom is 0.315 e. The van der Waals surface area contributed by atoms with E-state index in [2.05, 4.69) is 58.5 Å². The van der Waals surface area contributed by atoms with E-state index in [0.29, 0.717) is 6.54 Å². The van der Waals surface area contributed by atoms with Gasteiger partial charge in [-0.2, -0.15) is 0 Å². The molecule has 2 N–H and O–H groups in total. The number of urea groups is 1. The molecular formula is C23H32N4O. The van der Waals surface area contributed by atoms with Gasteiger partial charge in [0, 0.05) is 51.0 Å². The molecule has 28 heavy (non-hydrogen) atoms. The number of rotatable bonds is 7. The maximum atomic E-state index is 12.1. The van der Waals surface area contributed by atoms with Crippen LogP contribution in [0.4, 0.5) is 10.5 Å². The van der Waals surface area contributed by atoms with Crippen LogP contribution in [0.1, 0.15) is 24.5 Å². The maximum absolute atomic E-state index is 12.1. The molecule has 0 radical (unpaired) electrons. The average Bonchev–Trinajstić information content (AvgIpc) is 2.72. The van der Waals surface area contributed by atoms with Gasteiger partial charge in [0.05, 0.1) is 0 Å². The predicted octanol–water partition coefficient (Wildman–Crippen LogP) is 3.40. The Hall–Kier alpha value is -2.53. The molecule has 5 nitrogen and oxygen atoms in total. The lowest BCUT2D eigenvalue weighted by Crippen LogP contribution is -2.48. The number of benzene rings is 2. The first-order valence-corrected chi connectivity index (χ1v) is 10.2. The largest absolute Gasteiger partial charge is 0.369 e. The van der Waals surface area contributed by atoms with E-state index in [9.17, 15) is 4.79 Å². The Labute approximate surface area is 168 Å². The monoisotopic (exact) mass is 380 g/mol. The lowest BCUT2D eigenvalue weighted by Gasteiger charge is -2.36. The predicted molar refractivity (Wildman–Crippen MR) is 116 cm³/mol. The fourth-order valence-electron chi connectivity index (χ4n) is 3.56. The molecule has 3 rings (SSSR count). The minimum atomic E-state index is -0.0966. The number of anilines is 1. The van der Waals surface area contributed by atoms with Gasteiger partial charge in [0.2, 0.25) is 0 Å². The number of piperazine rings is 1. The Morgan fingerprint density at radius 3 is 2.50 bits per heavy atom. The Balaban J connectivity index is 1.33. The van der Waals surface area contributed by atoms with Gasteiger partial charge in [-0.05, 0) is 43.5 Å². The number of hydrogen-bond acceptors (Lipinski definition) is 3. The molecule has 2 aromatic carbocycles. The average molecular weight is 381 g/mol. The molecule has 1 heterocycles. The first-order chi connectivity index (χ1) is 13.6. The second-order valence-corrected chi connectivity index (χ2v) is 7.67. The highest BCUT2D eigenvalue weighted by atomic mass is 16.2. The van der Waals surface area contributed by atoms with E-state index in [1.165, 1.54) is 11.3 Å². The van der Waals surface area contributed by atoms with Crippen LogP contribution < -0.4 is 15.5 Å². The van der Waals surface area contributed by atoms with Gasteiger partial charge in [-0.25, -0.2) is 4.79 Å². The third kappa shape index (κ3) is 6.27. The minimum Gasteiger partial charge on any atom is -0.369 e. The number of carbonyl (C=O) groups is 1. The third-order valence-electron chi connectivity index (χ3n) is 5.29. The molecule has 1 saturated heterocycles. The smallest absolute Gasteiger partial charge is 0.315 e. The van der Waals surface area contributed by atoms with Crippen molar-refractivity contribution in [2.45, 2.75) is 32.9 Å². The summed E-state index contributed by atoms with van der Waals surface area (Å²) >= 11 is 0. The second kappa shape index (κ2) is 10.1. The van der Waals surface area contributed by atoms with Gasteiger partial charge in [-0.1, -0.05) is 42.5 Å². The number of nitrogens with one attached hydrogen (secondary N) is 2. The van der Waals surface area contributed by atoms with Gasteiger partial charge in [0.15, 0.2) is 0 Å². The second-order valence-electron chi connectivity index (χ2n) is 7.67. The van der Waals surface area contributed by atoms with E-state index < -0.39 is 0 Å². The molecule has 1 aliphatic heterocycles. The third-order valence-corrected chi connectivity index (χ3v) is 5.29. The summed E-state index contributed by atoms with van der Waals surface area (Å²) < 4.78 is 0. The Kier molecular flexibility index (Phi) is 7.31. The SMILES string of the molecule is Cc1cccc(N2CCN(CC[C@@H](C)NC(=O)NCc3ccccc3)CC2)c1. The summed E-state index contributed by atoms with van der Waals surface area (Å²) in [4.78, 5) is 17.0. The Morgan fingerprint density at radius 1 is 1.04 bits per heavy atom. The van der Waals surface area contributed by atoms with Crippen LogP contribution in [0.2, 0.25) is 0 Å². The van der Waals surface area contributed by atoms with Crippen LogP contribution >= 0.6 is 0 Å². The summed E-state index contributed by atoms with van der Waals surface area (Å²) in [6.07, 6.45) is 0.962. The number of amides is 2. The molecule has 0 unspecified atom stereocenters. The Morgan fingerprint density at radius 2 is 1.79 bits per heavy atom. The van der Waals surface area contributed by atoms with Crippen LogP contribution in [0.15, 0.2) is 54.6 Å². The van der Waals surface area contributed by atoms with E-state index in [4.69, 9.17) is 0 Å². The zero-order valence-electron chi connectivity index (χ0n) is 17.0. The highest BCUT2D eigenvalue weighted by Gasteiger charge is 2.18. The molecule has 5 heteroatoms. The zero-order chi connectivity index (χ0) is 19.8. The fraction of sp³-hybridized carbons (Fsp3) is 0.435. The van der Waals surface area contributed by atoms with Crippen molar-refractivity contribution in [2.75, 3.05) is 37.6 Å². The molecule has 150 valence electrons. The normalized spacial score (nSPS) is 15.9. The van der Waals surface area contributed by atoms with E-state index >= 15 is 0 Å². The molecule has 0 bridgehead atoms. The van der Waals surface area contributed by atoms with Crippen molar-refractivity contribution in [1.82, 2.24) is 15.5 Å². The molecule has 0 aromatic heterocycles. The van der Waals surface area contributed by atoms with Crippen molar-refractivity contribution < 1.29 is 4.79 Å². The van der Waals surface area contributed by atoms with Crippen LogP contribution in [-0.4, -0.2) is 49.7 Å². The molecule has 0 aliphatic carbocycles. The molecule has 1 atom stereocenters. The van der Waals surface area contributed by atoms with Gasteiger partial charge < -0.3 is 15.5 Å². The lowest BCUT2D eigenvalue weighted by atomic mass is 10.1. The van der Waals surface area contributed by atoms with Crippen molar-refractivity contribution in [2.24, 2.45) is 0 Å². The van der Waals surface area contributed by atoms with Gasteiger partial charge in [0.25, 0.3) is 0 Å². The number of hydrogen-bond donors (Lipinski definition) is 2. The first kappa shape index (κ1) is 20.2. The summed E-state index contributed by atoms with van der Waals surface area (Å²) in [5, 5.41) is 5.97. The summed E-state index contributed by atoms with van der Waals surface area (Å²) in [7, 11) is 0. The Bertz CT molecular complexity index is 741. The van der Waals surface area contributed by atoms with E-state index in [1.54, 1.807) is 0 Å². The molecule has 2 aromatic rings. The van der Waals surface area contributed by atoms with Crippen molar-refractivity contribution in [3.63, 3.8) is 0 Å². The molecule has 2 amide bonds. The molecule has 0 saturated carbocycles. The quantitative estimate of drug-likeness (QED) is 0.774. The number of nitrogens with zero attached hydrogens (tertiary/aromatic N) is 2. The number of carbonyl (C=O) groups excluding carboxylic acids is 1. The van der Waals surface area contributed by atoms with Gasteiger partial charge in [-0.3, -0.25) is 4.90 Å². The van der Waals surface area contributed by atoms with Gasteiger partial charge in [0.1, 0.15) is 0 Å². The van der Waals surface area contributed by atoms with Gasteiger partial charge in [-0.15, -0.1) is 0 Å². The van der Waals surface area contributed by atoms with E-state index in [1.807, 2.05) is 30.3 Å². The molecule has 0 spiro atoms. The summed E-state index contributed by atoms with van der Waals surface area (Å²) in [6, 6.07) is 18.8. The topological polar surface area (TPSA) is 47.6 Å². The standard InChI is InChI=1S/C23H32N4O/c1-19-7-6-10-22(17-19)27-15-13-26(14-16-27)12-11-20(2)25-23(28)24-18-21-8-4-3-5-9-21/h3-10,17,20H,11-16,18H2,1-2H3,(H2,24,25,28)/t20-/m1/s1. The number of aryl methyl sites for hydroxylation is 1. The fourth-order valence-corrected chi connectivity index (χ4v) is 3.56. The zero-order valence-corrected chi connectivity index (χ0v) is 17.0. The molecule has 1 fully saturated rings. The van der Waals surface area contributed by atoms with Crippen LogP contribution in [0.3, 0.4) is 0 Å². The lowest BCUT2D eigenvalue weighted by molar-refractivity contribution is 0.227. The van der Waals surface area contributed by atoms with Crippen LogP contribution in [0, 0.1) is 6.92 Å². The minimum absolute atomic E-state index is 0.0966. The molecule has 1 aliphatic rings. The highest BCUT2D eigenvalue weighted by molar-refractivity contribution is 5.74. The van der Waals surface area contributed by atoms with E-state index in [-0.39, 0.29) is 12.1 Å². The van der Waals surface area contributed by atoms with Crippen molar-refractivity contribution in [1.29, 1.82) is 0 Å². The van der Waals surface area contributed by atoms with Crippen molar-refractivity contribution in [3.8, 4) is 0 Å². The van der Waals surface area contributed by atoms with Crippen LogP contribution in [-0.2, 0) is 6.54 Å². The highest BCUT2D eigenvalue weighted by Crippen LogP contribution is 2.17.